The number of benzene rings is 2. The van der Waals surface area contributed by atoms with Gasteiger partial charge in [0.05, 0.1) is 18.1 Å². The van der Waals surface area contributed by atoms with Crippen LogP contribution in [0.4, 0.5) is 4.79 Å². The zero-order chi connectivity index (χ0) is 19.2. The van der Waals surface area contributed by atoms with Crippen molar-refractivity contribution in [2.45, 2.75) is 26.3 Å². The quantitative estimate of drug-likeness (QED) is 0.437. The number of amides is 2. The minimum Gasteiger partial charge on any atom is -0.494 e. The van der Waals surface area contributed by atoms with E-state index in [9.17, 15) is 9.59 Å². The highest BCUT2D eigenvalue weighted by atomic mass is 35.5. The van der Waals surface area contributed by atoms with Gasteiger partial charge in [0.2, 0.25) is 0 Å². The molecule has 0 N–H and O–H groups in total. The van der Waals surface area contributed by atoms with Crippen molar-refractivity contribution in [1.29, 1.82) is 0 Å². The van der Waals surface area contributed by atoms with Crippen LogP contribution in [0, 0.1) is 0 Å². The lowest BCUT2D eigenvalue weighted by Crippen LogP contribution is -2.27. The summed E-state index contributed by atoms with van der Waals surface area (Å²) in [6.07, 6.45) is 3.84. The molecule has 0 atom stereocenters. The lowest BCUT2D eigenvalue weighted by Gasteiger charge is -2.12. The first kappa shape index (κ1) is 19.5. The third kappa shape index (κ3) is 5.15. The molecule has 0 bridgehead atoms. The molecule has 2 aromatic rings. The van der Waals surface area contributed by atoms with Gasteiger partial charge in [0, 0.05) is 5.02 Å². The van der Waals surface area contributed by atoms with E-state index in [0.29, 0.717) is 16.5 Å². The first-order valence-electron chi connectivity index (χ1n) is 8.79. The number of rotatable bonds is 7. The van der Waals surface area contributed by atoms with E-state index in [1.807, 2.05) is 36.4 Å². The number of carbonyl (C=O) groups excluding carboxylic acids is 2. The second-order valence-corrected chi connectivity index (χ2v) is 7.59. The smallest absolute Gasteiger partial charge is 0.293 e. The Kier molecular flexibility index (Phi) is 6.58. The van der Waals surface area contributed by atoms with E-state index in [-0.39, 0.29) is 17.7 Å². The van der Waals surface area contributed by atoms with Crippen LogP contribution in [0.3, 0.4) is 0 Å². The Hall–Kier alpha value is -2.24. The number of halogens is 1. The van der Waals surface area contributed by atoms with Crippen LogP contribution in [0.2, 0.25) is 5.02 Å². The first-order chi connectivity index (χ1) is 13.1. The van der Waals surface area contributed by atoms with E-state index in [0.717, 1.165) is 41.5 Å². The predicted octanol–water partition coefficient (Wildman–Crippen LogP) is 5.76. The van der Waals surface area contributed by atoms with Crippen LogP contribution in [-0.2, 0) is 11.3 Å². The van der Waals surface area contributed by atoms with Gasteiger partial charge in [-0.15, -0.1) is 0 Å². The molecule has 1 fully saturated rings. The third-order valence-electron chi connectivity index (χ3n) is 4.07. The largest absolute Gasteiger partial charge is 0.494 e. The van der Waals surface area contributed by atoms with Crippen LogP contribution in [0.5, 0.6) is 5.75 Å². The van der Waals surface area contributed by atoms with Crippen molar-refractivity contribution in [3.63, 3.8) is 0 Å². The summed E-state index contributed by atoms with van der Waals surface area (Å²) in [5.41, 5.74) is 1.71. The van der Waals surface area contributed by atoms with Crippen LogP contribution in [0.15, 0.2) is 53.4 Å². The first-order valence-corrected chi connectivity index (χ1v) is 9.99. The summed E-state index contributed by atoms with van der Waals surface area (Å²) >= 11 is 6.84. The van der Waals surface area contributed by atoms with E-state index >= 15 is 0 Å². The fourth-order valence-corrected chi connectivity index (χ4v) is 3.52. The Morgan fingerprint density at radius 2 is 1.78 bits per heavy atom. The molecule has 0 radical (unpaired) electrons. The summed E-state index contributed by atoms with van der Waals surface area (Å²) in [5, 5.41) is 0.357. The summed E-state index contributed by atoms with van der Waals surface area (Å²) in [7, 11) is 0. The Labute approximate surface area is 168 Å². The molecule has 140 valence electrons. The lowest BCUT2D eigenvalue weighted by molar-refractivity contribution is -0.123. The SMILES string of the molecule is CCCCOc1ccc(/C=C2\SC(=O)N(Cc3ccc(Cl)cc3)C2=O)cc1. The fourth-order valence-electron chi connectivity index (χ4n) is 2.55. The van der Waals surface area contributed by atoms with Crippen LogP contribution in [-0.4, -0.2) is 22.7 Å². The maximum absolute atomic E-state index is 12.6. The average molecular weight is 402 g/mol. The summed E-state index contributed by atoms with van der Waals surface area (Å²) in [5.74, 6) is 0.527. The summed E-state index contributed by atoms with van der Waals surface area (Å²) in [6.45, 7) is 3.05. The predicted molar refractivity (Wildman–Crippen MR) is 110 cm³/mol. The van der Waals surface area contributed by atoms with Gasteiger partial charge < -0.3 is 4.74 Å². The van der Waals surface area contributed by atoms with Gasteiger partial charge in [-0.2, -0.15) is 0 Å². The topological polar surface area (TPSA) is 46.6 Å². The van der Waals surface area contributed by atoms with E-state index in [4.69, 9.17) is 16.3 Å². The number of hydrogen-bond donors (Lipinski definition) is 0. The highest BCUT2D eigenvalue weighted by molar-refractivity contribution is 8.18. The van der Waals surface area contributed by atoms with Crippen molar-refractivity contribution < 1.29 is 14.3 Å². The number of nitrogens with zero attached hydrogens (tertiary/aromatic N) is 1. The Morgan fingerprint density at radius 3 is 2.44 bits per heavy atom. The number of thioether (sulfide) groups is 1. The molecule has 1 heterocycles. The standard InChI is InChI=1S/C21H20ClNO3S/c1-2-3-12-26-18-10-6-15(7-11-18)13-19-20(24)23(21(25)27-19)14-16-4-8-17(22)9-5-16/h4-11,13H,2-3,12,14H2,1H3/b19-13-. The van der Waals surface area contributed by atoms with Crippen LogP contribution < -0.4 is 4.74 Å². The second kappa shape index (κ2) is 9.11. The molecule has 6 heteroatoms. The molecule has 1 saturated heterocycles. The lowest BCUT2D eigenvalue weighted by atomic mass is 10.2. The van der Waals surface area contributed by atoms with Crippen molar-refractivity contribution in [2.24, 2.45) is 0 Å². The summed E-state index contributed by atoms with van der Waals surface area (Å²) in [4.78, 5) is 26.5. The minimum absolute atomic E-state index is 0.239. The Balaban J connectivity index is 1.67. The Bertz CT molecular complexity index is 847. The van der Waals surface area contributed by atoms with Gasteiger partial charge in [0.25, 0.3) is 11.1 Å². The van der Waals surface area contributed by atoms with Gasteiger partial charge >= 0.3 is 0 Å². The highest BCUT2D eigenvalue weighted by Crippen LogP contribution is 2.33. The zero-order valence-electron chi connectivity index (χ0n) is 15.0. The highest BCUT2D eigenvalue weighted by Gasteiger charge is 2.34. The molecule has 2 aromatic carbocycles. The van der Waals surface area contributed by atoms with E-state index in [1.54, 1.807) is 18.2 Å². The molecule has 0 aromatic heterocycles. The number of imide groups is 1. The molecule has 4 nitrogen and oxygen atoms in total. The number of unbranched alkanes of at least 4 members (excludes halogenated alkanes) is 1. The number of carbonyl (C=O) groups is 2. The van der Waals surface area contributed by atoms with Gasteiger partial charge in [-0.05, 0) is 59.7 Å². The van der Waals surface area contributed by atoms with Crippen molar-refractivity contribution in [3.8, 4) is 5.75 Å². The van der Waals surface area contributed by atoms with Gasteiger partial charge in [-0.3, -0.25) is 14.5 Å². The molecular formula is C21H20ClNO3S. The van der Waals surface area contributed by atoms with Gasteiger partial charge in [0.15, 0.2) is 0 Å². The third-order valence-corrected chi connectivity index (χ3v) is 5.23. The number of ether oxygens (including phenoxy) is 1. The maximum atomic E-state index is 12.6. The van der Waals surface area contributed by atoms with Crippen LogP contribution >= 0.6 is 23.4 Å². The van der Waals surface area contributed by atoms with E-state index < -0.39 is 0 Å². The van der Waals surface area contributed by atoms with Crippen molar-refractivity contribution in [1.82, 2.24) is 4.90 Å². The van der Waals surface area contributed by atoms with Crippen LogP contribution in [0.25, 0.3) is 6.08 Å². The fraction of sp³-hybridized carbons (Fsp3) is 0.238. The maximum Gasteiger partial charge on any atom is 0.293 e. The van der Waals surface area contributed by atoms with Crippen molar-refractivity contribution >= 4 is 40.6 Å². The van der Waals surface area contributed by atoms with E-state index in [2.05, 4.69) is 6.92 Å². The zero-order valence-corrected chi connectivity index (χ0v) is 16.6. The molecule has 1 aliphatic rings. The molecular weight excluding hydrogens is 382 g/mol. The van der Waals surface area contributed by atoms with Crippen molar-refractivity contribution in [2.75, 3.05) is 6.61 Å². The molecule has 0 unspecified atom stereocenters. The normalized spacial score (nSPS) is 15.6. The van der Waals surface area contributed by atoms with Gasteiger partial charge in [-0.1, -0.05) is 49.2 Å². The molecule has 0 saturated carbocycles. The molecule has 2 amide bonds. The summed E-state index contributed by atoms with van der Waals surface area (Å²) in [6, 6.07) is 14.6. The van der Waals surface area contributed by atoms with E-state index in [1.165, 1.54) is 4.90 Å². The van der Waals surface area contributed by atoms with Crippen molar-refractivity contribution in [3.05, 3.63) is 69.6 Å². The van der Waals surface area contributed by atoms with Gasteiger partial charge in [-0.25, -0.2) is 0 Å². The number of hydrogen-bond acceptors (Lipinski definition) is 4. The second-order valence-electron chi connectivity index (χ2n) is 6.17. The molecule has 0 spiro atoms. The van der Waals surface area contributed by atoms with Crippen LogP contribution in [0.1, 0.15) is 30.9 Å². The minimum atomic E-state index is -0.275. The summed E-state index contributed by atoms with van der Waals surface area (Å²) < 4.78 is 5.64. The Morgan fingerprint density at radius 1 is 1.07 bits per heavy atom. The average Bonchev–Trinajstić information content (AvgIpc) is 2.92. The molecule has 1 aliphatic heterocycles. The van der Waals surface area contributed by atoms with Gasteiger partial charge in [0.1, 0.15) is 5.75 Å². The molecule has 27 heavy (non-hydrogen) atoms. The molecule has 0 aliphatic carbocycles. The molecule has 3 rings (SSSR count). The monoisotopic (exact) mass is 401 g/mol.